The van der Waals surface area contributed by atoms with E-state index in [9.17, 15) is 13.6 Å². The van der Waals surface area contributed by atoms with Crippen LogP contribution in [0.2, 0.25) is 0 Å². The Balaban J connectivity index is 1.97. The van der Waals surface area contributed by atoms with Crippen molar-refractivity contribution in [2.75, 3.05) is 0 Å². The summed E-state index contributed by atoms with van der Waals surface area (Å²) in [5, 5.41) is 2.67. The summed E-state index contributed by atoms with van der Waals surface area (Å²) in [7, 11) is 0. The molecule has 1 heterocycles. The zero-order valence-electron chi connectivity index (χ0n) is 12.6. The number of amides is 1. The normalized spacial score (nSPS) is 11.8. The van der Waals surface area contributed by atoms with Crippen LogP contribution in [0, 0.1) is 11.6 Å². The summed E-state index contributed by atoms with van der Waals surface area (Å²) in [6.07, 6.45) is 1.60. The molecule has 0 saturated carbocycles. The molecule has 5 heteroatoms. The Morgan fingerprint density at radius 1 is 0.875 bits per heavy atom. The number of rotatable bonds is 4. The fraction of sp³-hybridized carbons (Fsp3) is 0.0526. The highest BCUT2D eigenvalue weighted by Crippen LogP contribution is 2.21. The number of hydrogen-bond acceptors (Lipinski definition) is 2. The third-order valence-electron chi connectivity index (χ3n) is 3.58. The fourth-order valence-corrected chi connectivity index (χ4v) is 2.44. The lowest BCUT2D eigenvalue weighted by atomic mass is 10.0. The van der Waals surface area contributed by atoms with Crippen molar-refractivity contribution in [1.82, 2.24) is 10.3 Å². The second kappa shape index (κ2) is 7.00. The van der Waals surface area contributed by atoms with Crippen LogP contribution in [-0.2, 0) is 0 Å². The minimum absolute atomic E-state index is 0.578. The van der Waals surface area contributed by atoms with Gasteiger partial charge in [-0.3, -0.25) is 9.78 Å². The van der Waals surface area contributed by atoms with Crippen LogP contribution < -0.4 is 5.32 Å². The summed E-state index contributed by atoms with van der Waals surface area (Å²) < 4.78 is 27.7. The minimum Gasteiger partial charge on any atom is -0.339 e. The average Bonchev–Trinajstić information content (AvgIpc) is 2.61. The first-order chi connectivity index (χ1) is 11.7. The molecule has 1 unspecified atom stereocenters. The number of hydrogen-bond donors (Lipinski definition) is 1. The SMILES string of the molecule is O=C(NC(c1ccccc1)c1ccccn1)c1c(F)cccc1F. The van der Waals surface area contributed by atoms with E-state index in [1.165, 1.54) is 6.07 Å². The number of benzene rings is 2. The monoisotopic (exact) mass is 324 g/mol. The first-order valence-corrected chi connectivity index (χ1v) is 7.37. The molecule has 0 aliphatic heterocycles. The maximum absolute atomic E-state index is 13.8. The van der Waals surface area contributed by atoms with Gasteiger partial charge in [-0.1, -0.05) is 42.5 Å². The smallest absolute Gasteiger partial charge is 0.258 e. The molecule has 0 aliphatic rings. The lowest BCUT2D eigenvalue weighted by Crippen LogP contribution is -2.31. The first-order valence-electron chi connectivity index (χ1n) is 7.37. The van der Waals surface area contributed by atoms with Crippen LogP contribution in [0.5, 0.6) is 0 Å². The summed E-state index contributed by atoms with van der Waals surface area (Å²) in [5.41, 5.74) is 0.740. The third kappa shape index (κ3) is 3.30. The highest BCUT2D eigenvalue weighted by Gasteiger charge is 2.23. The fourth-order valence-electron chi connectivity index (χ4n) is 2.44. The molecule has 2 aromatic carbocycles. The number of halogens is 2. The summed E-state index contributed by atoms with van der Waals surface area (Å²) in [4.78, 5) is 16.7. The third-order valence-corrected chi connectivity index (χ3v) is 3.58. The maximum Gasteiger partial charge on any atom is 0.258 e. The van der Waals surface area contributed by atoms with Crippen LogP contribution in [-0.4, -0.2) is 10.9 Å². The van der Waals surface area contributed by atoms with Crippen molar-refractivity contribution in [3.8, 4) is 0 Å². The average molecular weight is 324 g/mol. The molecular weight excluding hydrogens is 310 g/mol. The second-order valence-corrected chi connectivity index (χ2v) is 5.17. The molecule has 1 atom stereocenters. The molecule has 0 radical (unpaired) electrons. The van der Waals surface area contributed by atoms with E-state index in [0.29, 0.717) is 5.69 Å². The van der Waals surface area contributed by atoms with Crippen molar-refractivity contribution in [3.05, 3.63) is 101 Å². The quantitative estimate of drug-likeness (QED) is 0.791. The largest absolute Gasteiger partial charge is 0.339 e. The minimum atomic E-state index is -0.902. The molecule has 0 fully saturated rings. The van der Waals surface area contributed by atoms with Crippen molar-refractivity contribution in [3.63, 3.8) is 0 Å². The van der Waals surface area contributed by atoms with Gasteiger partial charge in [0.05, 0.1) is 11.7 Å². The molecule has 120 valence electrons. The van der Waals surface area contributed by atoms with Gasteiger partial charge >= 0.3 is 0 Å². The molecule has 0 spiro atoms. The van der Waals surface area contributed by atoms with E-state index in [0.717, 1.165) is 17.7 Å². The van der Waals surface area contributed by atoms with E-state index < -0.39 is 29.1 Å². The van der Waals surface area contributed by atoms with E-state index in [1.807, 2.05) is 30.3 Å². The van der Waals surface area contributed by atoms with Crippen LogP contribution in [0.25, 0.3) is 0 Å². The van der Waals surface area contributed by atoms with Gasteiger partial charge in [0.2, 0.25) is 0 Å². The number of carbonyl (C=O) groups is 1. The van der Waals surface area contributed by atoms with Gasteiger partial charge in [0, 0.05) is 6.20 Å². The van der Waals surface area contributed by atoms with Gasteiger partial charge in [-0.2, -0.15) is 0 Å². The van der Waals surface area contributed by atoms with Gasteiger partial charge in [0.25, 0.3) is 5.91 Å². The van der Waals surface area contributed by atoms with Crippen molar-refractivity contribution in [2.24, 2.45) is 0 Å². The van der Waals surface area contributed by atoms with E-state index in [2.05, 4.69) is 10.3 Å². The van der Waals surface area contributed by atoms with Gasteiger partial charge in [0.1, 0.15) is 17.2 Å². The van der Waals surface area contributed by atoms with Gasteiger partial charge in [-0.15, -0.1) is 0 Å². The lowest BCUT2D eigenvalue weighted by Gasteiger charge is -2.19. The van der Waals surface area contributed by atoms with Gasteiger partial charge < -0.3 is 5.32 Å². The molecule has 3 rings (SSSR count). The molecule has 3 aromatic rings. The number of nitrogens with zero attached hydrogens (tertiary/aromatic N) is 1. The van der Waals surface area contributed by atoms with Gasteiger partial charge in [0.15, 0.2) is 0 Å². The Bertz CT molecular complexity index is 779. The summed E-state index contributed by atoms with van der Waals surface area (Å²) in [6.45, 7) is 0. The van der Waals surface area contributed by atoms with Crippen molar-refractivity contribution < 1.29 is 13.6 Å². The van der Waals surface area contributed by atoms with Crippen molar-refractivity contribution in [2.45, 2.75) is 6.04 Å². The predicted octanol–water partition coefficient (Wildman–Crippen LogP) is 3.88. The lowest BCUT2D eigenvalue weighted by molar-refractivity contribution is 0.0934. The number of aromatic nitrogens is 1. The topological polar surface area (TPSA) is 42.0 Å². The number of pyridine rings is 1. The molecule has 0 aliphatic carbocycles. The molecule has 3 nitrogen and oxygen atoms in total. The molecule has 0 saturated heterocycles. The molecule has 0 bridgehead atoms. The highest BCUT2D eigenvalue weighted by molar-refractivity contribution is 5.95. The van der Waals surface area contributed by atoms with Crippen molar-refractivity contribution in [1.29, 1.82) is 0 Å². The first kappa shape index (κ1) is 15.8. The Labute approximate surface area is 138 Å². The van der Waals surface area contributed by atoms with Crippen LogP contribution in [0.1, 0.15) is 27.7 Å². The zero-order valence-corrected chi connectivity index (χ0v) is 12.6. The van der Waals surface area contributed by atoms with E-state index >= 15 is 0 Å². The summed E-state index contributed by atoms with van der Waals surface area (Å²) >= 11 is 0. The number of nitrogens with one attached hydrogen (secondary N) is 1. The van der Waals surface area contributed by atoms with Gasteiger partial charge in [-0.25, -0.2) is 8.78 Å². The second-order valence-electron chi connectivity index (χ2n) is 5.17. The van der Waals surface area contributed by atoms with E-state index in [4.69, 9.17) is 0 Å². The van der Waals surface area contributed by atoms with E-state index in [-0.39, 0.29) is 0 Å². The predicted molar refractivity (Wildman–Crippen MR) is 86.3 cm³/mol. The van der Waals surface area contributed by atoms with Gasteiger partial charge in [-0.05, 0) is 29.8 Å². The van der Waals surface area contributed by atoms with Crippen LogP contribution in [0.15, 0.2) is 72.9 Å². The summed E-state index contributed by atoms with van der Waals surface area (Å²) in [5.74, 6) is -2.63. The van der Waals surface area contributed by atoms with Crippen LogP contribution >= 0.6 is 0 Å². The molecule has 1 N–H and O–H groups in total. The van der Waals surface area contributed by atoms with Crippen LogP contribution in [0.4, 0.5) is 8.78 Å². The molecule has 1 aromatic heterocycles. The Kier molecular flexibility index (Phi) is 4.61. The summed E-state index contributed by atoms with van der Waals surface area (Å²) in [6, 6.07) is 17.1. The maximum atomic E-state index is 13.8. The molecular formula is C19H14F2N2O. The molecule has 24 heavy (non-hydrogen) atoms. The Morgan fingerprint density at radius 2 is 1.54 bits per heavy atom. The standard InChI is InChI=1S/C19H14F2N2O/c20-14-9-6-10-15(21)17(14)19(24)23-18(13-7-2-1-3-8-13)16-11-4-5-12-22-16/h1-12,18H,(H,23,24). The Morgan fingerprint density at radius 3 is 2.17 bits per heavy atom. The van der Waals surface area contributed by atoms with E-state index in [1.54, 1.807) is 24.4 Å². The zero-order chi connectivity index (χ0) is 16.9. The van der Waals surface area contributed by atoms with Crippen LogP contribution in [0.3, 0.4) is 0 Å². The Hall–Kier alpha value is -3.08. The highest BCUT2D eigenvalue weighted by atomic mass is 19.1. The molecule has 1 amide bonds. The number of carbonyl (C=O) groups excluding carboxylic acids is 1. The van der Waals surface area contributed by atoms with Crippen molar-refractivity contribution >= 4 is 5.91 Å².